The summed E-state index contributed by atoms with van der Waals surface area (Å²) in [6, 6.07) is 5.70. The fourth-order valence-electron chi connectivity index (χ4n) is 1.32. The van der Waals surface area contributed by atoms with Gasteiger partial charge in [0.05, 0.1) is 11.5 Å². The van der Waals surface area contributed by atoms with Crippen molar-refractivity contribution in [3.8, 4) is 0 Å². The molecule has 0 N–H and O–H groups in total. The van der Waals surface area contributed by atoms with Crippen LogP contribution in [-0.4, -0.2) is 29.2 Å². The molecule has 1 rings (SSSR count). The summed E-state index contributed by atoms with van der Waals surface area (Å²) >= 11 is 0. The maximum atomic E-state index is 12.1. The number of alkyl halides is 2. The van der Waals surface area contributed by atoms with Crippen molar-refractivity contribution in [1.82, 2.24) is 4.90 Å². The third-order valence-electron chi connectivity index (χ3n) is 2.16. The summed E-state index contributed by atoms with van der Waals surface area (Å²) < 4.78 is 24.2. The molecule has 1 amide bonds. The lowest BCUT2D eigenvalue weighted by atomic mass is 10.1. The van der Waals surface area contributed by atoms with E-state index < -0.39 is 17.3 Å². The Morgan fingerprint density at radius 3 is 2.59 bits per heavy atom. The molecule has 0 spiro atoms. The van der Waals surface area contributed by atoms with Gasteiger partial charge in [0.25, 0.3) is 11.6 Å². The minimum absolute atomic E-state index is 0.193. The van der Waals surface area contributed by atoms with Gasteiger partial charge in [0.2, 0.25) is 0 Å². The fraction of sp³-hybridized carbons (Fsp3) is 0.300. The number of benzene rings is 1. The van der Waals surface area contributed by atoms with E-state index in [1.165, 1.54) is 25.2 Å². The Labute approximate surface area is 95.8 Å². The molecule has 0 radical (unpaired) electrons. The first-order valence-electron chi connectivity index (χ1n) is 4.69. The predicted octanol–water partition coefficient (Wildman–Crippen LogP) is 1.82. The fourth-order valence-corrected chi connectivity index (χ4v) is 1.32. The van der Waals surface area contributed by atoms with Crippen LogP contribution < -0.4 is 0 Å². The molecule has 17 heavy (non-hydrogen) atoms. The Hall–Kier alpha value is -2.05. The minimum Gasteiger partial charge on any atom is -0.336 e. The molecule has 0 bridgehead atoms. The molecule has 5 nitrogen and oxygen atoms in total. The average molecular weight is 244 g/mol. The topological polar surface area (TPSA) is 63.4 Å². The van der Waals surface area contributed by atoms with Crippen LogP contribution in [0.15, 0.2) is 24.3 Å². The van der Waals surface area contributed by atoms with Crippen LogP contribution in [0, 0.1) is 10.1 Å². The van der Waals surface area contributed by atoms with Gasteiger partial charge in [0, 0.05) is 18.7 Å². The molecular weight excluding hydrogens is 234 g/mol. The monoisotopic (exact) mass is 244 g/mol. The highest BCUT2D eigenvalue weighted by atomic mass is 19.3. The molecule has 92 valence electrons. The quantitative estimate of drug-likeness (QED) is 0.599. The summed E-state index contributed by atoms with van der Waals surface area (Å²) in [6.07, 6.45) is -3.11. The van der Waals surface area contributed by atoms with Gasteiger partial charge in [0.1, 0.15) is 0 Å². The first kappa shape index (κ1) is 13.0. The van der Waals surface area contributed by atoms with Gasteiger partial charge in [0.15, 0.2) is 0 Å². The maximum Gasteiger partial charge on any atom is 0.315 e. The summed E-state index contributed by atoms with van der Waals surface area (Å²) in [4.78, 5) is 21.7. The SMILES string of the molecule is CN(Cc1ccccc1[N+](=O)[O-])C(=O)C(F)F. The van der Waals surface area contributed by atoms with Crippen LogP contribution in [0.3, 0.4) is 0 Å². The van der Waals surface area contributed by atoms with Crippen molar-refractivity contribution in [2.24, 2.45) is 0 Å². The Morgan fingerprint density at radius 2 is 2.06 bits per heavy atom. The summed E-state index contributed by atoms with van der Waals surface area (Å²) in [7, 11) is 1.17. The molecule has 1 aromatic rings. The zero-order chi connectivity index (χ0) is 13.0. The smallest absolute Gasteiger partial charge is 0.315 e. The molecule has 0 heterocycles. The van der Waals surface area contributed by atoms with Gasteiger partial charge in [-0.2, -0.15) is 8.78 Å². The number of carbonyl (C=O) groups excluding carboxylic acids is 1. The number of nitro benzene ring substituents is 1. The van der Waals surface area contributed by atoms with Crippen molar-refractivity contribution >= 4 is 11.6 Å². The lowest BCUT2D eigenvalue weighted by molar-refractivity contribution is -0.385. The molecule has 1 aromatic carbocycles. The molecule has 0 unspecified atom stereocenters. The first-order valence-corrected chi connectivity index (χ1v) is 4.69. The van der Waals surface area contributed by atoms with Crippen LogP contribution in [0.2, 0.25) is 0 Å². The van der Waals surface area contributed by atoms with Gasteiger partial charge in [-0.15, -0.1) is 0 Å². The van der Waals surface area contributed by atoms with Crippen LogP contribution >= 0.6 is 0 Å². The summed E-state index contributed by atoms with van der Waals surface area (Å²) in [5, 5.41) is 10.7. The zero-order valence-corrected chi connectivity index (χ0v) is 8.97. The van der Waals surface area contributed by atoms with E-state index in [4.69, 9.17) is 0 Å². The largest absolute Gasteiger partial charge is 0.336 e. The molecule has 0 saturated heterocycles. The van der Waals surface area contributed by atoms with Crippen LogP contribution in [-0.2, 0) is 11.3 Å². The second kappa shape index (κ2) is 5.33. The molecule has 0 fully saturated rings. The van der Waals surface area contributed by atoms with Gasteiger partial charge in [-0.25, -0.2) is 0 Å². The molecule has 0 saturated carbocycles. The average Bonchev–Trinajstić information content (AvgIpc) is 2.28. The van der Waals surface area contributed by atoms with Crippen molar-refractivity contribution in [3.63, 3.8) is 0 Å². The number of halogens is 2. The number of rotatable bonds is 4. The third kappa shape index (κ3) is 3.20. The Kier molecular flexibility index (Phi) is 4.08. The van der Waals surface area contributed by atoms with Crippen LogP contribution in [0.25, 0.3) is 0 Å². The molecular formula is C10H10F2N2O3. The second-order valence-electron chi connectivity index (χ2n) is 3.38. The van der Waals surface area contributed by atoms with E-state index in [2.05, 4.69) is 0 Å². The van der Waals surface area contributed by atoms with E-state index >= 15 is 0 Å². The number of hydrogen-bond acceptors (Lipinski definition) is 3. The van der Waals surface area contributed by atoms with E-state index in [9.17, 15) is 23.7 Å². The number of amides is 1. The van der Waals surface area contributed by atoms with E-state index in [0.717, 1.165) is 4.90 Å². The minimum atomic E-state index is -3.11. The zero-order valence-electron chi connectivity index (χ0n) is 8.97. The van der Waals surface area contributed by atoms with Crippen LogP contribution in [0.1, 0.15) is 5.56 Å². The van der Waals surface area contributed by atoms with E-state index in [-0.39, 0.29) is 17.8 Å². The Bertz CT molecular complexity index is 437. The van der Waals surface area contributed by atoms with Crippen molar-refractivity contribution in [2.45, 2.75) is 13.0 Å². The molecule has 0 aliphatic heterocycles. The van der Waals surface area contributed by atoms with Crippen molar-refractivity contribution in [2.75, 3.05) is 7.05 Å². The van der Waals surface area contributed by atoms with Crippen molar-refractivity contribution < 1.29 is 18.5 Å². The highest BCUT2D eigenvalue weighted by Gasteiger charge is 2.22. The second-order valence-corrected chi connectivity index (χ2v) is 3.38. The van der Waals surface area contributed by atoms with Gasteiger partial charge >= 0.3 is 6.43 Å². The molecule has 0 aliphatic carbocycles. The highest BCUT2D eigenvalue weighted by Crippen LogP contribution is 2.19. The van der Waals surface area contributed by atoms with Gasteiger partial charge in [-0.05, 0) is 0 Å². The normalized spacial score (nSPS) is 10.4. The number of hydrogen-bond donors (Lipinski definition) is 0. The lowest BCUT2D eigenvalue weighted by Gasteiger charge is -2.16. The van der Waals surface area contributed by atoms with Gasteiger partial charge in [-0.3, -0.25) is 14.9 Å². The summed E-state index contributed by atoms with van der Waals surface area (Å²) in [5.74, 6) is -1.36. The lowest BCUT2D eigenvalue weighted by Crippen LogP contribution is -2.31. The Balaban J connectivity index is 2.88. The number of nitrogens with zero attached hydrogens (tertiary/aromatic N) is 2. The molecule has 0 atom stereocenters. The number of nitro groups is 1. The van der Waals surface area contributed by atoms with E-state index in [1.807, 2.05) is 0 Å². The van der Waals surface area contributed by atoms with E-state index in [0.29, 0.717) is 0 Å². The van der Waals surface area contributed by atoms with Crippen LogP contribution in [0.5, 0.6) is 0 Å². The summed E-state index contributed by atoms with van der Waals surface area (Å²) in [6.45, 7) is -0.222. The first-order chi connectivity index (χ1) is 7.93. The van der Waals surface area contributed by atoms with Gasteiger partial charge < -0.3 is 4.90 Å². The van der Waals surface area contributed by atoms with Gasteiger partial charge in [-0.1, -0.05) is 18.2 Å². The predicted molar refractivity (Wildman–Crippen MR) is 55.6 cm³/mol. The summed E-state index contributed by atoms with van der Waals surface area (Å²) in [5.41, 5.74) is 0.0235. The van der Waals surface area contributed by atoms with Crippen LogP contribution in [0.4, 0.5) is 14.5 Å². The maximum absolute atomic E-state index is 12.1. The standard InChI is InChI=1S/C10H10F2N2O3/c1-13(10(15)9(11)12)6-7-4-2-3-5-8(7)14(16)17/h2-5,9H,6H2,1H3. The molecule has 7 heteroatoms. The molecule has 0 aliphatic rings. The highest BCUT2D eigenvalue weighted by molar-refractivity contribution is 5.79. The van der Waals surface area contributed by atoms with Crippen molar-refractivity contribution in [3.05, 3.63) is 39.9 Å². The van der Waals surface area contributed by atoms with Crippen molar-refractivity contribution in [1.29, 1.82) is 0 Å². The Morgan fingerprint density at radius 1 is 1.47 bits per heavy atom. The number of carbonyl (C=O) groups is 1. The molecule has 0 aromatic heterocycles. The third-order valence-corrected chi connectivity index (χ3v) is 2.16. The van der Waals surface area contributed by atoms with E-state index in [1.54, 1.807) is 6.07 Å². The number of para-hydroxylation sites is 1.